The Morgan fingerprint density at radius 2 is 2.08 bits per heavy atom. The van der Waals surface area contributed by atoms with E-state index in [1.807, 2.05) is 0 Å². The second-order valence-corrected chi connectivity index (χ2v) is 3.61. The van der Waals surface area contributed by atoms with Crippen molar-refractivity contribution >= 4 is 5.69 Å². The maximum Gasteiger partial charge on any atom is 0.0706 e. The molecule has 0 aliphatic carbocycles. The second kappa shape index (κ2) is 3.38. The second-order valence-electron chi connectivity index (χ2n) is 3.61. The van der Waals surface area contributed by atoms with Crippen LogP contribution in [0.4, 0.5) is 5.69 Å². The minimum Gasteiger partial charge on any atom is -0.361 e. The van der Waals surface area contributed by atoms with Crippen LogP contribution in [0.5, 0.6) is 0 Å². The van der Waals surface area contributed by atoms with Gasteiger partial charge in [0.2, 0.25) is 0 Å². The highest BCUT2D eigenvalue weighted by Gasteiger charge is 2.17. The van der Waals surface area contributed by atoms with E-state index in [2.05, 4.69) is 48.0 Å². The van der Waals surface area contributed by atoms with Crippen LogP contribution in [0, 0.1) is 0 Å². The Morgan fingerprint density at radius 1 is 1.31 bits per heavy atom. The van der Waals surface area contributed by atoms with Gasteiger partial charge in [-0.2, -0.15) is 0 Å². The Bertz CT molecular complexity index is 296. The summed E-state index contributed by atoms with van der Waals surface area (Å²) in [4.78, 5) is 4.74. The molecule has 0 radical (unpaired) electrons. The molecule has 1 aromatic carbocycles. The fraction of sp³-hybridized carbons (Fsp3) is 0.455. The van der Waals surface area contributed by atoms with Crippen molar-refractivity contribution in [2.75, 3.05) is 25.2 Å². The van der Waals surface area contributed by atoms with Crippen molar-refractivity contribution in [3.05, 3.63) is 29.8 Å². The zero-order valence-electron chi connectivity index (χ0n) is 8.33. The highest BCUT2D eigenvalue weighted by molar-refractivity contribution is 5.54. The first-order valence-electron chi connectivity index (χ1n) is 4.82. The van der Waals surface area contributed by atoms with Gasteiger partial charge in [0, 0.05) is 19.3 Å². The molecule has 0 saturated carbocycles. The van der Waals surface area contributed by atoms with E-state index < -0.39 is 0 Å². The van der Waals surface area contributed by atoms with E-state index in [4.69, 9.17) is 0 Å². The molecule has 0 N–H and O–H groups in total. The minimum absolute atomic E-state index is 1.05. The summed E-state index contributed by atoms with van der Waals surface area (Å²) in [5, 5.41) is 0. The first-order valence-corrected chi connectivity index (χ1v) is 4.82. The lowest BCUT2D eigenvalue weighted by Crippen LogP contribution is -2.39. The Morgan fingerprint density at radius 3 is 2.85 bits per heavy atom. The number of rotatable bonds is 1. The molecule has 0 amide bonds. The van der Waals surface area contributed by atoms with E-state index in [-0.39, 0.29) is 0 Å². The highest BCUT2D eigenvalue weighted by Crippen LogP contribution is 2.24. The van der Waals surface area contributed by atoms with Crippen molar-refractivity contribution in [1.82, 2.24) is 4.90 Å². The molecule has 0 spiro atoms. The number of fused-ring (bicyclic) bond motifs is 1. The molecule has 1 aromatic rings. The van der Waals surface area contributed by atoms with Crippen molar-refractivity contribution < 1.29 is 0 Å². The molecule has 1 aliphatic rings. The number of hydrogen-bond acceptors (Lipinski definition) is 2. The molecule has 70 valence electrons. The smallest absolute Gasteiger partial charge is 0.0706 e. The van der Waals surface area contributed by atoms with Crippen molar-refractivity contribution in [2.24, 2.45) is 0 Å². The lowest BCUT2D eigenvalue weighted by Gasteiger charge is -2.35. The topological polar surface area (TPSA) is 6.48 Å². The van der Waals surface area contributed by atoms with E-state index in [0.717, 1.165) is 19.8 Å². The summed E-state index contributed by atoms with van der Waals surface area (Å²) in [6, 6.07) is 8.64. The molecule has 0 atom stereocenters. The number of para-hydroxylation sites is 1. The van der Waals surface area contributed by atoms with Gasteiger partial charge in [0.05, 0.1) is 6.67 Å². The van der Waals surface area contributed by atoms with Gasteiger partial charge in [-0.3, -0.25) is 4.90 Å². The molecule has 0 saturated heterocycles. The maximum absolute atomic E-state index is 2.43. The van der Waals surface area contributed by atoms with Crippen molar-refractivity contribution in [3.63, 3.8) is 0 Å². The summed E-state index contributed by atoms with van der Waals surface area (Å²) >= 11 is 0. The number of nitrogens with zero attached hydrogens (tertiary/aromatic N) is 2. The standard InChI is InChI=1S/C11H16N2/c1-3-13-8-10-6-4-5-7-11(10)12(2)9-13/h4-7H,3,8-9H2,1-2H3. The molecule has 0 aromatic heterocycles. The van der Waals surface area contributed by atoms with Crippen LogP contribution >= 0.6 is 0 Å². The van der Waals surface area contributed by atoms with Gasteiger partial charge >= 0.3 is 0 Å². The first kappa shape index (κ1) is 8.57. The van der Waals surface area contributed by atoms with Crippen molar-refractivity contribution in [3.8, 4) is 0 Å². The minimum atomic E-state index is 1.05. The fourth-order valence-electron chi connectivity index (χ4n) is 1.90. The third-order valence-electron chi connectivity index (χ3n) is 2.66. The van der Waals surface area contributed by atoms with E-state index in [1.165, 1.54) is 11.3 Å². The van der Waals surface area contributed by atoms with Crippen LogP contribution in [0.3, 0.4) is 0 Å². The summed E-state index contributed by atoms with van der Waals surface area (Å²) in [7, 11) is 2.15. The summed E-state index contributed by atoms with van der Waals surface area (Å²) in [6.07, 6.45) is 0. The molecule has 13 heavy (non-hydrogen) atoms. The van der Waals surface area contributed by atoms with Gasteiger partial charge in [-0.25, -0.2) is 0 Å². The van der Waals surface area contributed by atoms with Gasteiger partial charge in [0.15, 0.2) is 0 Å². The van der Waals surface area contributed by atoms with Gasteiger partial charge in [-0.05, 0) is 18.2 Å². The van der Waals surface area contributed by atoms with Gasteiger partial charge in [-0.15, -0.1) is 0 Å². The summed E-state index contributed by atoms with van der Waals surface area (Å²) in [5.74, 6) is 0. The number of hydrogen-bond donors (Lipinski definition) is 0. The Balaban J connectivity index is 2.31. The van der Waals surface area contributed by atoms with E-state index in [0.29, 0.717) is 0 Å². The monoisotopic (exact) mass is 176 g/mol. The summed E-state index contributed by atoms with van der Waals surface area (Å²) in [5.41, 5.74) is 2.82. The zero-order valence-corrected chi connectivity index (χ0v) is 8.33. The maximum atomic E-state index is 2.43. The SMILES string of the molecule is CCN1Cc2ccccc2N(C)C1. The Hall–Kier alpha value is -1.02. The van der Waals surface area contributed by atoms with E-state index in [1.54, 1.807) is 0 Å². The van der Waals surface area contributed by atoms with E-state index >= 15 is 0 Å². The van der Waals surface area contributed by atoms with Crippen LogP contribution in [-0.4, -0.2) is 25.2 Å². The zero-order chi connectivity index (χ0) is 9.26. The van der Waals surface area contributed by atoms with Crippen LogP contribution in [-0.2, 0) is 6.54 Å². The van der Waals surface area contributed by atoms with Crippen LogP contribution in [0.2, 0.25) is 0 Å². The average Bonchev–Trinajstić information content (AvgIpc) is 2.18. The summed E-state index contributed by atoms with van der Waals surface area (Å²) in [6.45, 7) is 5.48. The normalized spacial score (nSPS) is 17.2. The molecule has 2 nitrogen and oxygen atoms in total. The molecule has 1 aliphatic heterocycles. The summed E-state index contributed by atoms with van der Waals surface area (Å²) < 4.78 is 0. The third-order valence-corrected chi connectivity index (χ3v) is 2.66. The van der Waals surface area contributed by atoms with Gasteiger partial charge in [0.25, 0.3) is 0 Å². The van der Waals surface area contributed by atoms with Crippen LogP contribution in [0.1, 0.15) is 12.5 Å². The first-order chi connectivity index (χ1) is 6.31. The molecular weight excluding hydrogens is 160 g/mol. The molecule has 2 rings (SSSR count). The molecule has 1 heterocycles. The van der Waals surface area contributed by atoms with Crippen molar-refractivity contribution in [2.45, 2.75) is 13.5 Å². The van der Waals surface area contributed by atoms with Crippen LogP contribution in [0.15, 0.2) is 24.3 Å². The van der Waals surface area contributed by atoms with Gasteiger partial charge in [0.1, 0.15) is 0 Å². The molecular formula is C11H16N2. The average molecular weight is 176 g/mol. The van der Waals surface area contributed by atoms with Crippen LogP contribution in [0.25, 0.3) is 0 Å². The Kier molecular flexibility index (Phi) is 2.23. The predicted molar refractivity (Wildman–Crippen MR) is 55.8 cm³/mol. The lowest BCUT2D eigenvalue weighted by molar-refractivity contribution is 0.271. The predicted octanol–water partition coefficient (Wildman–Crippen LogP) is 1.92. The molecule has 0 bridgehead atoms. The largest absolute Gasteiger partial charge is 0.361 e. The molecule has 0 unspecified atom stereocenters. The Labute approximate surface area is 79.8 Å². The lowest BCUT2D eigenvalue weighted by atomic mass is 10.1. The number of anilines is 1. The third kappa shape index (κ3) is 1.54. The van der Waals surface area contributed by atoms with Crippen LogP contribution < -0.4 is 4.90 Å². The highest BCUT2D eigenvalue weighted by atomic mass is 15.3. The molecule has 0 fully saturated rings. The molecule has 2 heteroatoms. The van der Waals surface area contributed by atoms with E-state index in [9.17, 15) is 0 Å². The van der Waals surface area contributed by atoms with Gasteiger partial charge in [-0.1, -0.05) is 25.1 Å². The quantitative estimate of drug-likeness (QED) is 0.645. The number of benzene rings is 1. The van der Waals surface area contributed by atoms with Gasteiger partial charge < -0.3 is 4.90 Å². The van der Waals surface area contributed by atoms with Crippen molar-refractivity contribution in [1.29, 1.82) is 0 Å². The fourth-order valence-corrected chi connectivity index (χ4v) is 1.90.